The first-order valence-electron chi connectivity index (χ1n) is 9.79. The largest absolute Gasteiger partial charge is 0.484 e. The Balaban J connectivity index is 1.34. The lowest BCUT2D eigenvalue weighted by atomic mass is 10.0. The van der Waals surface area contributed by atoms with Gasteiger partial charge in [0, 0.05) is 39.7 Å². The fourth-order valence-corrected chi connectivity index (χ4v) is 3.23. The van der Waals surface area contributed by atoms with E-state index in [9.17, 15) is 9.59 Å². The van der Waals surface area contributed by atoms with Gasteiger partial charge in [-0.1, -0.05) is 11.6 Å². The number of hydrogen-bond donors (Lipinski definition) is 2. The second-order valence-corrected chi connectivity index (χ2v) is 7.44. The smallest absolute Gasteiger partial charge is 0.263 e. The number of ether oxygens (including phenoxy) is 1. The van der Waals surface area contributed by atoms with E-state index in [0.29, 0.717) is 27.7 Å². The lowest BCUT2D eigenvalue weighted by Gasteiger charge is -2.08. The Labute approximate surface area is 189 Å². The van der Waals surface area contributed by atoms with Crippen LogP contribution in [-0.2, 0) is 4.79 Å². The van der Waals surface area contributed by atoms with Gasteiger partial charge in [-0.15, -0.1) is 0 Å². The number of rotatable bonds is 7. The summed E-state index contributed by atoms with van der Waals surface area (Å²) >= 11 is 5.86. The van der Waals surface area contributed by atoms with Gasteiger partial charge < -0.3 is 10.1 Å². The van der Waals surface area contributed by atoms with Gasteiger partial charge in [0.05, 0.1) is 5.69 Å². The molecule has 0 radical (unpaired) electrons. The first kappa shape index (κ1) is 21.3. The summed E-state index contributed by atoms with van der Waals surface area (Å²) in [5.74, 6) is 0.450. The molecule has 2 heterocycles. The lowest BCUT2D eigenvalue weighted by molar-refractivity contribution is -0.118. The molecule has 32 heavy (non-hydrogen) atoms. The van der Waals surface area contributed by atoms with Gasteiger partial charge in [-0.3, -0.25) is 19.7 Å². The Morgan fingerprint density at radius 1 is 0.969 bits per heavy atom. The molecule has 4 aromatic rings. The van der Waals surface area contributed by atoms with Crippen molar-refractivity contribution in [3.63, 3.8) is 0 Å². The zero-order valence-electron chi connectivity index (χ0n) is 17.1. The van der Waals surface area contributed by atoms with E-state index in [-0.39, 0.29) is 18.3 Å². The number of amides is 1. The number of pyridine rings is 1. The summed E-state index contributed by atoms with van der Waals surface area (Å²) in [5.41, 5.74) is 3.61. The quantitative estimate of drug-likeness (QED) is 0.402. The van der Waals surface area contributed by atoms with Crippen molar-refractivity contribution in [2.75, 3.05) is 11.9 Å². The molecule has 1 amide bonds. The molecule has 0 saturated heterocycles. The average Bonchev–Trinajstić information content (AvgIpc) is 3.18. The molecule has 4 rings (SSSR count). The molecule has 0 bridgehead atoms. The van der Waals surface area contributed by atoms with E-state index in [1.54, 1.807) is 60.9 Å². The van der Waals surface area contributed by atoms with Crippen LogP contribution in [0.3, 0.4) is 0 Å². The van der Waals surface area contributed by atoms with Crippen molar-refractivity contribution in [1.29, 1.82) is 0 Å². The van der Waals surface area contributed by atoms with Gasteiger partial charge in [-0.25, -0.2) is 0 Å². The molecule has 0 fully saturated rings. The van der Waals surface area contributed by atoms with Crippen molar-refractivity contribution >= 4 is 29.1 Å². The molecule has 7 nitrogen and oxygen atoms in total. The Kier molecular flexibility index (Phi) is 6.28. The van der Waals surface area contributed by atoms with Crippen LogP contribution in [-0.4, -0.2) is 33.5 Å². The van der Waals surface area contributed by atoms with Crippen LogP contribution in [0.25, 0.3) is 11.3 Å². The minimum absolute atomic E-state index is 0.120. The molecular weight excluding hydrogens is 428 g/mol. The number of nitrogens with zero attached hydrogens (tertiary/aromatic N) is 2. The van der Waals surface area contributed by atoms with Gasteiger partial charge in [0.25, 0.3) is 5.91 Å². The molecule has 8 heteroatoms. The third-order valence-corrected chi connectivity index (χ3v) is 5.08. The number of halogens is 1. The summed E-state index contributed by atoms with van der Waals surface area (Å²) in [6.07, 6.45) is 3.38. The normalized spacial score (nSPS) is 10.6. The molecule has 0 saturated carbocycles. The number of nitrogens with one attached hydrogen (secondary N) is 2. The lowest BCUT2D eigenvalue weighted by Crippen LogP contribution is -2.20. The maximum Gasteiger partial charge on any atom is 0.263 e. The van der Waals surface area contributed by atoms with Crippen LogP contribution < -0.4 is 10.1 Å². The van der Waals surface area contributed by atoms with Gasteiger partial charge >= 0.3 is 0 Å². The number of hydrogen-bond acceptors (Lipinski definition) is 5. The second-order valence-electron chi connectivity index (χ2n) is 7.01. The van der Waals surface area contributed by atoms with E-state index >= 15 is 0 Å². The molecule has 2 aromatic heterocycles. The van der Waals surface area contributed by atoms with Gasteiger partial charge in [-0.05, 0) is 67.6 Å². The molecule has 2 N–H and O–H groups in total. The molecule has 0 spiro atoms. The highest BCUT2D eigenvalue weighted by Gasteiger charge is 2.14. The fourth-order valence-electron chi connectivity index (χ4n) is 3.11. The molecule has 0 aliphatic heterocycles. The van der Waals surface area contributed by atoms with Crippen molar-refractivity contribution in [1.82, 2.24) is 15.2 Å². The van der Waals surface area contributed by atoms with Crippen molar-refractivity contribution in [3.05, 3.63) is 94.8 Å². The molecule has 0 unspecified atom stereocenters. The Morgan fingerprint density at radius 3 is 2.25 bits per heavy atom. The van der Waals surface area contributed by atoms with Crippen LogP contribution in [0.4, 0.5) is 5.82 Å². The van der Waals surface area contributed by atoms with Crippen molar-refractivity contribution in [2.45, 2.75) is 6.92 Å². The first-order chi connectivity index (χ1) is 15.5. The van der Waals surface area contributed by atoms with Crippen LogP contribution in [0.1, 0.15) is 21.5 Å². The van der Waals surface area contributed by atoms with Crippen molar-refractivity contribution in [3.8, 4) is 17.0 Å². The highest BCUT2D eigenvalue weighted by Crippen LogP contribution is 2.25. The van der Waals surface area contributed by atoms with Gasteiger partial charge in [0.2, 0.25) is 0 Å². The number of aromatic amines is 1. The van der Waals surface area contributed by atoms with Crippen LogP contribution >= 0.6 is 11.6 Å². The zero-order chi connectivity index (χ0) is 22.5. The summed E-state index contributed by atoms with van der Waals surface area (Å²) in [6.45, 7) is 1.67. The SMILES string of the molecule is Cc1c(NC(=O)COc2ccc(C(=O)c3ccc(Cl)cc3)cc2)n[nH]c1-c1ccncc1. The fraction of sp³-hybridized carbons (Fsp3) is 0.0833. The molecular formula is C24H19ClN4O3. The van der Waals surface area contributed by atoms with Crippen molar-refractivity contribution < 1.29 is 14.3 Å². The van der Waals surface area contributed by atoms with E-state index in [2.05, 4.69) is 20.5 Å². The van der Waals surface area contributed by atoms with Crippen LogP contribution in [0, 0.1) is 6.92 Å². The van der Waals surface area contributed by atoms with E-state index in [0.717, 1.165) is 16.8 Å². The third kappa shape index (κ3) is 4.84. The van der Waals surface area contributed by atoms with Crippen LogP contribution in [0.2, 0.25) is 5.02 Å². The zero-order valence-corrected chi connectivity index (χ0v) is 17.9. The minimum Gasteiger partial charge on any atom is -0.484 e. The Hall–Kier alpha value is -3.97. The molecule has 0 aliphatic rings. The number of carbonyl (C=O) groups is 2. The number of H-pyrrole nitrogens is 1. The Morgan fingerprint density at radius 2 is 1.59 bits per heavy atom. The Bertz CT molecular complexity index is 1240. The van der Waals surface area contributed by atoms with Gasteiger partial charge in [-0.2, -0.15) is 5.10 Å². The number of benzene rings is 2. The number of carbonyl (C=O) groups excluding carboxylic acids is 2. The highest BCUT2D eigenvalue weighted by atomic mass is 35.5. The maximum atomic E-state index is 12.5. The van der Waals surface area contributed by atoms with Gasteiger partial charge in [0.1, 0.15) is 5.75 Å². The maximum absolute atomic E-state index is 12.5. The number of anilines is 1. The monoisotopic (exact) mass is 446 g/mol. The molecule has 0 atom stereocenters. The van der Waals surface area contributed by atoms with E-state index in [1.807, 2.05) is 19.1 Å². The standard InChI is InChI=1S/C24H19ClN4O3/c1-15-22(16-10-12-26-13-11-16)28-29-24(15)27-21(30)14-32-20-8-4-18(5-9-20)23(31)17-2-6-19(25)7-3-17/h2-13H,14H2,1H3,(H2,27,28,29,30). The predicted octanol–water partition coefficient (Wildman–Crippen LogP) is 4.68. The predicted molar refractivity (Wildman–Crippen MR) is 122 cm³/mol. The summed E-state index contributed by atoms with van der Waals surface area (Å²) in [6, 6.07) is 17.0. The van der Waals surface area contributed by atoms with Crippen LogP contribution in [0.5, 0.6) is 5.75 Å². The second kappa shape index (κ2) is 9.45. The van der Waals surface area contributed by atoms with Gasteiger partial charge in [0.15, 0.2) is 18.2 Å². The summed E-state index contributed by atoms with van der Waals surface area (Å²) in [4.78, 5) is 28.8. The van der Waals surface area contributed by atoms with E-state index in [4.69, 9.17) is 16.3 Å². The first-order valence-corrected chi connectivity index (χ1v) is 10.2. The highest BCUT2D eigenvalue weighted by molar-refractivity contribution is 6.30. The average molecular weight is 447 g/mol. The topological polar surface area (TPSA) is 97.0 Å². The summed E-state index contributed by atoms with van der Waals surface area (Å²) in [7, 11) is 0. The van der Waals surface area contributed by atoms with Crippen molar-refractivity contribution in [2.24, 2.45) is 0 Å². The summed E-state index contributed by atoms with van der Waals surface area (Å²) < 4.78 is 5.54. The minimum atomic E-state index is -0.345. The number of ketones is 1. The molecule has 0 aliphatic carbocycles. The summed E-state index contributed by atoms with van der Waals surface area (Å²) in [5, 5.41) is 10.4. The van der Waals surface area contributed by atoms with E-state index < -0.39 is 0 Å². The van der Waals surface area contributed by atoms with Crippen LogP contribution in [0.15, 0.2) is 73.1 Å². The van der Waals surface area contributed by atoms with E-state index in [1.165, 1.54) is 0 Å². The third-order valence-electron chi connectivity index (χ3n) is 4.83. The molecule has 2 aromatic carbocycles. The molecule has 160 valence electrons. The number of aromatic nitrogens is 3.